The Morgan fingerprint density at radius 3 is 2.62 bits per heavy atom. The van der Waals surface area contributed by atoms with Crippen molar-refractivity contribution in [3.05, 3.63) is 52.8 Å². The number of primary amides is 1. The molecule has 0 heterocycles. The van der Waals surface area contributed by atoms with Crippen LogP contribution in [0, 0.1) is 5.82 Å². The third-order valence-corrected chi connectivity index (χ3v) is 3.25. The number of para-hydroxylation sites is 1. The molecule has 24 heavy (non-hydrogen) atoms. The van der Waals surface area contributed by atoms with E-state index in [2.05, 4.69) is 5.32 Å². The monoisotopic (exact) mass is 352 g/mol. The van der Waals surface area contributed by atoms with Crippen LogP contribution >= 0.6 is 11.6 Å². The largest absolute Gasteiger partial charge is 0.493 e. The number of methoxy groups -OCH3 is 1. The highest BCUT2D eigenvalue weighted by Crippen LogP contribution is 2.36. The number of carbonyl (C=O) groups excluding carboxylic acids is 2. The highest BCUT2D eigenvalue weighted by molar-refractivity contribution is 6.32. The van der Waals surface area contributed by atoms with Gasteiger partial charge >= 0.3 is 0 Å². The Labute approximate surface area is 142 Å². The van der Waals surface area contributed by atoms with E-state index in [0.29, 0.717) is 0 Å². The van der Waals surface area contributed by atoms with Gasteiger partial charge in [-0.05, 0) is 24.3 Å². The lowest BCUT2D eigenvalue weighted by Gasteiger charge is -2.13. The van der Waals surface area contributed by atoms with Gasteiger partial charge in [0.05, 0.1) is 17.8 Å². The van der Waals surface area contributed by atoms with Gasteiger partial charge in [0.25, 0.3) is 11.8 Å². The van der Waals surface area contributed by atoms with E-state index in [0.717, 1.165) is 0 Å². The quantitative estimate of drug-likeness (QED) is 0.836. The first-order chi connectivity index (χ1) is 11.4. The van der Waals surface area contributed by atoms with Gasteiger partial charge in [-0.25, -0.2) is 4.39 Å². The molecule has 0 aliphatic rings. The molecule has 3 N–H and O–H groups in total. The zero-order valence-electron chi connectivity index (χ0n) is 12.6. The molecule has 0 saturated heterocycles. The predicted molar refractivity (Wildman–Crippen MR) is 87.0 cm³/mol. The number of nitrogens with two attached hydrogens (primary N) is 1. The molecule has 0 aliphatic carbocycles. The van der Waals surface area contributed by atoms with Crippen molar-refractivity contribution in [2.24, 2.45) is 5.73 Å². The number of amides is 2. The standard InChI is InChI=1S/C16H14ClFN2O4/c1-23-13-7-9(6-10(17)15(13)24-8-14(19)21)16(22)20-12-5-3-2-4-11(12)18/h2-7H,8H2,1H3,(H2,19,21)(H,20,22). The van der Waals surface area contributed by atoms with Crippen LogP contribution in [0.4, 0.5) is 10.1 Å². The summed E-state index contributed by atoms with van der Waals surface area (Å²) in [7, 11) is 1.35. The van der Waals surface area contributed by atoms with Crippen LogP contribution < -0.4 is 20.5 Å². The van der Waals surface area contributed by atoms with Crippen molar-refractivity contribution in [2.75, 3.05) is 19.0 Å². The Bertz CT molecular complexity index is 783. The first-order valence-corrected chi connectivity index (χ1v) is 7.14. The van der Waals surface area contributed by atoms with Crippen LogP contribution in [0.3, 0.4) is 0 Å². The highest BCUT2D eigenvalue weighted by Gasteiger charge is 2.17. The number of anilines is 1. The predicted octanol–water partition coefficient (Wildman–Crippen LogP) is 2.60. The minimum Gasteiger partial charge on any atom is -0.493 e. The van der Waals surface area contributed by atoms with Crippen LogP contribution in [0.5, 0.6) is 11.5 Å². The molecule has 0 bridgehead atoms. The molecule has 0 radical (unpaired) electrons. The maximum Gasteiger partial charge on any atom is 0.255 e. The topological polar surface area (TPSA) is 90.7 Å². The van der Waals surface area contributed by atoms with E-state index in [1.54, 1.807) is 6.07 Å². The third kappa shape index (κ3) is 4.14. The summed E-state index contributed by atoms with van der Waals surface area (Å²) in [5.41, 5.74) is 5.18. The number of hydrogen-bond donors (Lipinski definition) is 2. The Kier molecular flexibility index (Phi) is 5.59. The van der Waals surface area contributed by atoms with Crippen molar-refractivity contribution in [2.45, 2.75) is 0 Å². The number of halogens is 2. The Balaban J connectivity index is 2.27. The van der Waals surface area contributed by atoms with Gasteiger partial charge in [0.15, 0.2) is 18.1 Å². The molecule has 2 rings (SSSR count). The van der Waals surface area contributed by atoms with E-state index in [9.17, 15) is 14.0 Å². The number of hydrogen-bond acceptors (Lipinski definition) is 4. The van der Waals surface area contributed by atoms with Crippen molar-refractivity contribution in [1.82, 2.24) is 0 Å². The Hall–Kier alpha value is -2.80. The minimum absolute atomic E-state index is 0.0339. The summed E-state index contributed by atoms with van der Waals surface area (Å²) in [5.74, 6) is -1.61. The zero-order chi connectivity index (χ0) is 17.7. The molecular formula is C16H14ClFN2O4. The fourth-order valence-corrected chi connectivity index (χ4v) is 2.16. The minimum atomic E-state index is -0.686. The average molecular weight is 353 g/mol. The molecule has 6 nitrogen and oxygen atoms in total. The van der Waals surface area contributed by atoms with Gasteiger partial charge in [0, 0.05) is 5.56 Å². The molecule has 0 aromatic heterocycles. The van der Waals surface area contributed by atoms with Crippen molar-refractivity contribution in [1.29, 1.82) is 0 Å². The molecule has 2 amide bonds. The molecule has 126 valence electrons. The number of carbonyl (C=O) groups is 2. The summed E-state index contributed by atoms with van der Waals surface area (Å²) in [4.78, 5) is 23.1. The number of ether oxygens (including phenoxy) is 2. The molecular weight excluding hydrogens is 339 g/mol. The number of rotatable bonds is 6. The Morgan fingerprint density at radius 2 is 2.00 bits per heavy atom. The first-order valence-electron chi connectivity index (χ1n) is 6.77. The summed E-state index contributed by atoms with van der Waals surface area (Å²) in [5, 5.41) is 2.48. The summed E-state index contributed by atoms with van der Waals surface area (Å²) in [6.07, 6.45) is 0. The maximum atomic E-state index is 13.6. The molecule has 0 atom stereocenters. The summed E-state index contributed by atoms with van der Waals surface area (Å²) < 4.78 is 23.9. The van der Waals surface area contributed by atoms with Crippen LogP contribution in [0.25, 0.3) is 0 Å². The normalized spacial score (nSPS) is 10.1. The van der Waals surface area contributed by atoms with Crippen LogP contribution in [0.2, 0.25) is 5.02 Å². The first kappa shape index (κ1) is 17.6. The Morgan fingerprint density at radius 1 is 1.29 bits per heavy atom. The van der Waals surface area contributed by atoms with Crippen molar-refractivity contribution >= 4 is 29.1 Å². The molecule has 2 aromatic rings. The number of benzene rings is 2. The average Bonchev–Trinajstić information content (AvgIpc) is 2.54. The van der Waals surface area contributed by atoms with E-state index >= 15 is 0 Å². The molecule has 2 aromatic carbocycles. The SMILES string of the molecule is COc1cc(C(=O)Nc2ccccc2F)cc(Cl)c1OCC(N)=O. The lowest BCUT2D eigenvalue weighted by Crippen LogP contribution is -2.20. The van der Waals surface area contributed by atoms with Gasteiger partial charge in [0.2, 0.25) is 0 Å². The van der Waals surface area contributed by atoms with Crippen LogP contribution in [-0.4, -0.2) is 25.5 Å². The third-order valence-electron chi connectivity index (χ3n) is 2.97. The van der Waals surface area contributed by atoms with Gasteiger partial charge in [0.1, 0.15) is 5.82 Å². The van der Waals surface area contributed by atoms with E-state index in [-0.39, 0.29) is 27.8 Å². The summed E-state index contributed by atoms with van der Waals surface area (Å²) in [6, 6.07) is 8.43. The summed E-state index contributed by atoms with van der Waals surface area (Å²) in [6.45, 7) is -0.392. The van der Waals surface area contributed by atoms with E-state index < -0.39 is 24.2 Å². The van der Waals surface area contributed by atoms with Gasteiger partial charge in [-0.2, -0.15) is 0 Å². The summed E-state index contributed by atoms with van der Waals surface area (Å²) >= 11 is 6.06. The lowest BCUT2D eigenvalue weighted by atomic mass is 10.1. The van der Waals surface area contributed by atoms with Crippen molar-refractivity contribution < 1.29 is 23.5 Å². The van der Waals surface area contributed by atoms with Gasteiger partial charge in [-0.3, -0.25) is 9.59 Å². The van der Waals surface area contributed by atoms with Gasteiger partial charge in [-0.1, -0.05) is 23.7 Å². The molecule has 0 spiro atoms. The molecule has 0 fully saturated rings. The molecule has 0 saturated carbocycles. The second kappa shape index (κ2) is 7.65. The van der Waals surface area contributed by atoms with Crippen LogP contribution in [0.15, 0.2) is 36.4 Å². The lowest BCUT2D eigenvalue weighted by molar-refractivity contribution is -0.119. The maximum absolute atomic E-state index is 13.6. The highest BCUT2D eigenvalue weighted by atomic mass is 35.5. The fourth-order valence-electron chi connectivity index (χ4n) is 1.89. The molecule has 8 heteroatoms. The van der Waals surface area contributed by atoms with E-state index in [4.69, 9.17) is 26.8 Å². The van der Waals surface area contributed by atoms with Gasteiger partial charge < -0.3 is 20.5 Å². The zero-order valence-corrected chi connectivity index (χ0v) is 13.4. The van der Waals surface area contributed by atoms with E-state index in [1.165, 1.54) is 37.4 Å². The smallest absolute Gasteiger partial charge is 0.255 e. The van der Waals surface area contributed by atoms with Gasteiger partial charge in [-0.15, -0.1) is 0 Å². The second-order valence-corrected chi connectivity index (χ2v) is 5.09. The number of nitrogens with one attached hydrogen (secondary N) is 1. The fraction of sp³-hybridized carbons (Fsp3) is 0.125. The molecule has 0 aliphatic heterocycles. The van der Waals surface area contributed by atoms with Crippen molar-refractivity contribution in [3.63, 3.8) is 0 Å². The van der Waals surface area contributed by atoms with Crippen molar-refractivity contribution in [3.8, 4) is 11.5 Å². The second-order valence-electron chi connectivity index (χ2n) is 4.68. The van der Waals surface area contributed by atoms with E-state index in [1.807, 2.05) is 0 Å². The molecule has 0 unspecified atom stereocenters. The van der Waals surface area contributed by atoms with Crippen LogP contribution in [0.1, 0.15) is 10.4 Å². The van der Waals surface area contributed by atoms with Crippen LogP contribution in [-0.2, 0) is 4.79 Å².